The molecule has 1 aliphatic rings. The van der Waals surface area contributed by atoms with Crippen molar-refractivity contribution in [1.82, 2.24) is 9.99 Å². The van der Waals surface area contributed by atoms with Gasteiger partial charge in [-0.1, -0.05) is 0 Å². The van der Waals surface area contributed by atoms with Crippen LogP contribution in [0.15, 0.2) is 18.3 Å². The first-order valence-electron chi connectivity index (χ1n) is 6.02. The summed E-state index contributed by atoms with van der Waals surface area (Å²) in [6.07, 6.45) is 1.51. The minimum atomic E-state index is -0.345. The van der Waals surface area contributed by atoms with Crippen molar-refractivity contribution in [3.05, 3.63) is 23.9 Å². The Morgan fingerprint density at radius 1 is 1.50 bits per heavy atom. The molecule has 6 nitrogen and oxygen atoms in total. The summed E-state index contributed by atoms with van der Waals surface area (Å²) in [4.78, 5) is 15.6. The lowest BCUT2D eigenvalue weighted by Crippen LogP contribution is -2.40. The fourth-order valence-electron chi connectivity index (χ4n) is 1.63. The molecule has 2 heterocycles. The van der Waals surface area contributed by atoms with Crippen molar-refractivity contribution in [3.63, 3.8) is 0 Å². The van der Waals surface area contributed by atoms with Crippen molar-refractivity contribution in [1.29, 1.82) is 0 Å². The first kappa shape index (κ1) is 12.8. The number of aromatic nitrogens is 1. The lowest BCUT2D eigenvalue weighted by molar-refractivity contribution is 0.0495. The van der Waals surface area contributed by atoms with Crippen LogP contribution in [0.2, 0.25) is 0 Å². The Bertz CT molecular complexity index is 388. The molecular formula is C12H17N3O3. The van der Waals surface area contributed by atoms with Gasteiger partial charge in [-0.2, -0.15) is 0 Å². The van der Waals surface area contributed by atoms with Crippen LogP contribution in [0.5, 0.6) is 0 Å². The van der Waals surface area contributed by atoms with Crippen molar-refractivity contribution < 1.29 is 14.3 Å². The molecule has 1 aromatic heterocycles. The number of hydrazine groups is 1. The number of nitrogens with one attached hydrogen (secondary N) is 1. The van der Waals surface area contributed by atoms with Gasteiger partial charge in [0.15, 0.2) is 0 Å². The van der Waals surface area contributed by atoms with E-state index in [1.165, 1.54) is 6.20 Å². The largest absolute Gasteiger partial charge is 0.462 e. The van der Waals surface area contributed by atoms with E-state index in [1.54, 1.807) is 19.1 Å². The van der Waals surface area contributed by atoms with E-state index < -0.39 is 0 Å². The van der Waals surface area contributed by atoms with Crippen LogP contribution in [-0.2, 0) is 9.47 Å². The maximum Gasteiger partial charge on any atom is 0.339 e. The van der Waals surface area contributed by atoms with Crippen LogP contribution in [0.25, 0.3) is 0 Å². The zero-order chi connectivity index (χ0) is 12.8. The molecule has 1 N–H and O–H groups in total. The Balaban J connectivity index is 1.92. The highest BCUT2D eigenvalue weighted by atomic mass is 16.5. The number of pyridine rings is 1. The lowest BCUT2D eigenvalue weighted by Gasteiger charge is -2.27. The van der Waals surface area contributed by atoms with E-state index in [4.69, 9.17) is 9.47 Å². The first-order valence-corrected chi connectivity index (χ1v) is 6.02. The van der Waals surface area contributed by atoms with Crippen molar-refractivity contribution >= 4 is 11.8 Å². The Hall–Kier alpha value is -1.66. The molecule has 0 saturated carbocycles. The van der Waals surface area contributed by atoms with Crippen LogP contribution in [0, 0.1) is 0 Å². The molecule has 6 heteroatoms. The van der Waals surface area contributed by atoms with E-state index >= 15 is 0 Å². The molecule has 0 aromatic carbocycles. The molecule has 0 bridgehead atoms. The Morgan fingerprint density at radius 3 is 2.89 bits per heavy atom. The van der Waals surface area contributed by atoms with Crippen LogP contribution in [0.4, 0.5) is 5.82 Å². The van der Waals surface area contributed by atoms with Crippen LogP contribution in [-0.4, -0.2) is 48.9 Å². The SMILES string of the molecule is CCOC(=O)c1ccc(NN2CCOCC2)nc1. The van der Waals surface area contributed by atoms with Crippen LogP contribution in [0.1, 0.15) is 17.3 Å². The van der Waals surface area contributed by atoms with Gasteiger partial charge in [-0.05, 0) is 19.1 Å². The number of carbonyl (C=O) groups excluding carboxylic acids is 1. The third kappa shape index (κ3) is 3.41. The fourth-order valence-corrected chi connectivity index (χ4v) is 1.63. The molecule has 18 heavy (non-hydrogen) atoms. The van der Waals surface area contributed by atoms with Gasteiger partial charge in [0, 0.05) is 19.3 Å². The molecule has 98 valence electrons. The molecule has 2 rings (SSSR count). The predicted octanol–water partition coefficient (Wildman–Crippen LogP) is 0.917. The monoisotopic (exact) mass is 251 g/mol. The summed E-state index contributed by atoms with van der Waals surface area (Å²) in [5.74, 6) is 0.368. The lowest BCUT2D eigenvalue weighted by atomic mass is 10.3. The van der Waals surface area contributed by atoms with Crippen molar-refractivity contribution in [2.24, 2.45) is 0 Å². The van der Waals surface area contributed by atoms with Crippen LogP contribution >= 0.6 is 0 Å². The zero-order valence-electron chi connectivity index (χ0n) is 10.4. The number of carbonyl (C=O) groups is 1. The van der Waals surface area contributed by atoms with Gasteiger partial charge in [-0.25, -0.2) is 14.8 Å². The summed E-state index contributed by atoms with van der Waals surface area (Å²) in [5, 5.41) is 2.04. The number of anilines is 1. The number of hydrogen-bond acceptors (Lipinski definition) is 6. The number of rotatable bonds is 4. The van der Waals surface area contributed by atoms with Gasteiger partial charge in [0.25, 0.3) is 0 Å². The highest BCUT2D eigenvalue weighted by Crippen LogP contribution is 2.08. The maximum absolute atomic E-state index is 11.4. The van der Waals surface area contributed by atoms with E-state index in [9.17, 15) is 4.79 Å². The van der Waals surface area contributed by atoms with Crippen molar-refractivity contribution in [3.8, 4) is 0 Å². The van der Waals surface area contributed by atoms with E-state index in [-0.39, 0.29) is 5.97 Å². The minimum absolute atomic E-state index is 0.345. The van der Waals surface area contributed by atoms with Gasteiger partial charge in [0.2, 0.25) is 0 Å². The molecule has 0 unspecified atom stereocenters. The second-order valence-corrected chi connectivity index (χ2v) is 3.86. The standard InChI is InChI=1S/C12H17N3O3/c1-2-18-12(16)10-3-4-11(13-9-10)14-15-5-7-17-8-6-15/h3-4,9H,2,5-8H2,1H3,(H,13,14). The van der Waals surface area contributed by atoms with Crippen molar-refractivity contribution in [2.45, 2.75) is 6.92 Å². The maximum atomic E-state index is 11.4. The third-order valence-corrected chi connectivity index (χ3v) is 2.56. The van der Waals surface area contributed by atoms with Gasteiger partial charge in [-0.3, -0.25) is 0 Å². The molecule has 0 spiro atoms. The summed E-state index contributed by atoms with van der Waals surface area (Å²) < 4.78 is 10.1. The molecule has 0 atom stereocenters. The molecule has 0 aliphatic carbocycles. The summed E-state index contributed by atoms with van der Waals surface area (Å²) in [6, 6.07) is 3.47. The summed E-state index contributed by atoms with van der Waals surface area (Å²) in [7, 11) is 0. The first-order chi connectivity index (χ1) is 8.79. The Labute approximate surface area is 106 Å². The molecule has 1 saturated heterocycles. The van der Waals surface area contributed by atoms with Gasteiger partial charge >= 0.3 is 5.97 Å². The Kier molecular flexibility index (Phi) is 4.49. The predicted molar refractivity (Wildman–Crippen MR) is 66.2 cm³/mol. The molecular weight excluding hydrogens is 234 g/mol. The summed E-state index contributed by atoms with van der Waals surface area (Å²) in [6.45, 7) is 5.22. The average molecular weight is 251 g/mol. The number of morpholine rings is 1. The van der Waals surface area contributed by atoms with Gasteiger partial charge in [0.1, 0.15) is 5.82 Å². The second kappa shape index (κ2) is 6.32. The number of hydrogen-bond donors (Lipinski definition) is 1. The van der Waals surface area contributed by atoms with E-state index in [2.05, 4.69) is 10.4 Å². The molecule has 0 radical (unpaired) electrons. The summed E-state index contributed by atoms with van der Waals surface area (Å²) >= 11 is 0. The second-order valence-electron chi connectivity index (χ2n) is 3.86. The smallest absolute Gasteiger partial charge is 0.339 e. The van der Waals surface area contributed by atoms with E-state index in [0.29, 0.717) is 31.2 Å². The number of nitrogens with zero attached hydrogens (tertiary/aromatic N) is 2. The number of ether oxygens (including phenoxy) is 2. The average Bonchev–Trinajstić information content (AvgIpc) is 2.41. The number of esters is 1. The molecule has 0 amide bonds. The zero-order valence-corrected chi connectivity index (χ0v) is 10.4. The fraction of sp³-hybridized carbons (Fsp3) is 0.500. The molecule has 1 aliphatic heterocycles. The molecule has 1 aromatic rings. The van der Waals surface area contributed by atoms with Crippen LogP contribution < -0.4 is 5.43 Å². The quantitative estimate of drug-likeness (QED) is 0.803. The Morgan fingerprint density at radius 2 is 2.28 bits per heavy atom. The normalized spacial score (nSPS) is 16.3. The third-order valence-electron chi connectivity index (χ3n) is 2.56. The van der Waals surface area contributed by atoms with Crippen molar-refractivity contribution in [2.75, 3.05) is 38.3 Å². The summed E-state index contributed by atoms with van der Waals surface area (Å²) in [5.41, 5.74) is 3.63. The van der Waals surface area contributed by atoms with E-state index in [1.807, 2.05) is 5.01 Å². The highest BCUT2D eigenvalue weighted by molar-refractivity contribution is 5.89. The highest BCUT2D eigenvalue weighted by Gasteiger charge is 2.11. The topological polar surface area (TPSA) is 63.7 Å². The minimum Gasteiger partial charge on any atom is -0.462 e. The molecule has 1 fully saturated rings. The van der Waals surface area contributed by atoms with E-state index in [0.717, 1.165) is 13.1 Å². The van der Waals surface area contributed by atoms with Crippen LogP contribution in [0.3, 0.4) is 0 Å². The van der Waals surface area contributed by atoms with Gasteiger partial charge in [-0.15, -0.1) is 0 Å². The van der Waals surface area contributed by atoms with Gasteiger partial charge in [0.05, 0.1) is 25.4 Å². The van der Waals surface area contributed by atoms with Gasteiger partial charge < -0.3 is 14.9 Å².